The summed E-state index contributed by atoms with van der Waals surface area (Å²) < 4.78 is 0. The van der Waals surface area contributed by atoms with E-state index in [4.69, 9.17) is 10.8 Å². The molecule has 1 atom stereocenters. The van der Waals surface area contributed by atoms with Crippen molar-refractivity contribution >= 4 is 0 Å². The number of aliphatic hydroxyl groups is 1. The Morgan fingerprint density at radius 3 is 2.22 bits per heavy atom. The molecule has 0 saturated heterocycles. The first kappa shape index (κ1) is 8.34. The predicted molar refractivity (Wildman–Crippen MR) is 39.0 cm³/mol. The lowest BCUT2D eigenvalue weighted by Gasteiger charge is -2.07. The summed E-state index contributed by atoms with van der Waals surface area (Å²) in [4.78, 5) is 0. The Kier molecular flexibility index (Phi) is 3.13. The second-order valence-electron chi connectivity index (χ2n) is 2.38. The molecule has 0 radical (unpaired) electrons. The first-order valence-corrected chi connectivity index (χ1v) is 3.24. The number of hydrogen-bond donors (Lipinski definition) is 2. The third-order valence-corrected chi connectivity index (χ3v) is 1.48. The van der Waals surface area contributed by atoms with E-state index in [1.165, 1.54) is 0 Å². The molecular formula is C7H15NO. The molecular weight excluding hydrogens is 114 g/mol. The Hall–Kier alpha value is -0.660. The van der Waals surface area contributed by atoms with Crippen LogP contribution in [0.1, 0.15) is 27.2 Å². The lowest BCUT2D eigenvalue weighted by atomic mass is 10.1. The van der Waals surface area contributed by atoms with Crippen molar-refractivity contribution in [3.8, 4) is 0 Å². The van der Waals surface area contributed by atoms with E-state index in [-0.39, 0.29) is 5.92 Å². The van der Waals surface area contributed by atoms with Crippen molar-refractivity contribution in [3.63, 3.8) is 0 Å². The molecule has 9 heavy (non-hydrogen) atoms. The molecule has 0 aromatic heterocycles. The van der Waals surface area contributed by atoms with Crippen LogP contribution in [-0.4, -0.2) is 5.11 Å². The van der Waals surface area contributed by atoms with E-state index in [0.29, 0.717) is 11.5 Å². The van der Waals surface area contributed by atoms with Gasteiger partial charge in [0.25, 0.3) is 0 Å². The van der Waals surface area contributed by atoms with E-state index in [2.05, 4.69) is 0 Å². The van der Waals surface area contributed by atoms with Gasteiger partial charge in [-0.2, -0.15) is 0 Å². The van der Waals surface area contributed by atoms with Crippen molar-refractivity contribution in [2.75, 3.05) is 0 Å². The number of nitrogens with two attached hydrogens (primary N) is 1. The zero-order valence-electron chi connectivity index (χ0n) is 6.31. The van der Waals surface area contributed by atoms with E-state index in [1.807, 2.05) is 13.8 Å². The average molecular weight is 129 g/mol. The maximum absolute atomic E-state index is 9.15. The van der Waals surface area contributed by atoms with Gasteiger partial charge in [-0.1, -0.05) is 13.8 Å². The van der Waals surface area contributed by atoms with E-state index >= 15 is 0 Å². The minimum absolute atomic E-state index is 0.204. The molecule has 0 heterocycles. The van der Waals surface area contributed by atoms with Crippen LogP contribution in [-0.2, 0) is 0 Å². The predicted octanol–water partition coefficient (Wildman–Crippen LogP) is 1.78. The normalized spacial score (nSPS) is 16.8. The lowest BCUT2D eigenvalue weighted by molar-refractivity contribution is 0.329. The minimum atomic E-state index is 0.204. The highest BCUT2D eigenvalue weighted by Gasteiger charge is 2.04. The molecule has 0 spiro atoms. The smallest absolute Gasteiger partial charge is 0.113 e. The van der Waals surface area contributed by atoms with Gasteiger partial charge in [0.2, 0.25) is 0 Å². The van der Waals surface area contributed by atoms with Gasteiger partial charge in [-0.3, -0.25) is 0 Å². The SMILES string of the molecule is CCC(C)/C(O)=C(/C)N. The molecule has 0 aliphatic carbocycles. The van der Waals surface area contributed by atoms with Crippen LogP contribution >= 0.6 is 0 Å². The molecule has 0 aliphatic heterocycles. The molecule has 3 N–H and O–H groups in total. The number of aliphatic hydroxyl groups excluding tert-OH is 1. The molecule has 0 rings (SSSR count). The summed E-state index contributed by atoms with van der Waals surface area (Å²) in [5, 5.41) is 9.15. The van der Waals surface area contributed by atoms with Crippen LogP contribution in [0.3, 0.4) is 0 Å². The molecule has 0 aliphatic rings. The largest absolute Gasteiger partial charge is 0.510 e. The Morgan fingerprint density at radius 2 is 2.11 bits per heavy atom. The highest BCUT2D eigenvalue weighted by atomic mass is 16.3. The molecule has 0 saturated carbocycles. The van der Waals surface area contributed by atoms with Crippen molar-refractivity contribution in [2.45, 2.75) is 27.2 Å². The second-order valence-corrected chi connectivity index (χ2v) is 2.38. The van der Waals surface area contributed by atoms with Gasteiger partial charge in [0, 0.05) is 11.6 Å². The van der Waals surface area contributed by atoms with Crippen LogP contribution in [0.15, 0.2) is 11.5 Å². The van der Waals surface area contributed by atoms with Crippen LogP contribution < -0.4 is 5.73 Å². The highest BCUT2D eigenvalue weighted by molar-refractivity contribution is 5.02. The molecule has 54 valence electrons. The van der Waals surface area contributed by atoms with E-state index in [9.17, 15) is 0 Å². The molecule has 0 aromatic rings. The van der Waals surface area contributed by atoms with Gasteiger partial charge < -0.3 is 10.8 Å². The molecule has 2 nitrogen and oxygen atoms in total. The molecule has 0 fully saturated rings. The molecule has 1 unspecified atom stereocenters. The zero-order valence-corrected chi connectivity index (χ0v) is 6.31. The van der Waals surface area contributed by atoms with Crippen LogP contribution in [0.25, 0.3) is 0 Å². The molecule has 0 aromatic carbocycles. The number of allylic oxidation sites excluding steroid dienone is 2. The van der Waals surface area contributed by atoms with Gasteiger partial charge in [-0.15, -0.1) is 0 Å². The van der Waals surface area contributed by atoms with Crippen LogP contribution in [0.5, 0.6) is 0 Å². The summed E-state index contributed by atoms with van der Waals surface area (Å²) in [6.45, 7) is 5.68. The Balaban J connectivity index is 4.02. The van der Waals surface area contributed by atoms with Gasteiger partial charge in [-0.25, -0.2) is 0 Å². The second kappa shape index (κ2) is 3.38. The topological polar surface area (TPSA) is 46.2 Å². The minimum Gasteiger partial charge on any atom is -0.510 e. The first-order valence-electron chi connectivity index (χ1n) is 3.24. The lowest BCUT2D eigenvalue weighted by Crippen LogP contribution is -2.05. The fourth-order valence-corrected chi connectivity index (χ4v) is 0.582. The monoisotopic (exact) mass is 129 g/mol. The third-order valence-electron chi connectivity index (χ3n) is 1.48. The van der Waals surface area contributed by atoms with E-state index in [0.717, 1.165) is 6.42 Å². The van der Waals surface area contributed by atoms with Crippen LogP contribution in [0.4, 0.5) is 0 Å². The summed E-state index contributed by atoms with van der Waals surface area (Å²) >= 11 is 0. The van der Waals surface area contributed by atoms with Gasteiger partial charge >= 0.3 is 0 Å². The third kappa shape index (κ3) is 2.40. The summed E-state index contributed by atoms with van der Waals surface area (Å²) in [6.07, 6.45) is 0.931. The van der Waals surface area contributed by atoms with Gasteiger partial charge in [0.1, 0.15) is 5.76 Å². The highest BCUT2D eigenvalue weighted by Crippen LogP contribution is 2.11. The van der Waals surface area contributed by atoms with Crippen LogP contribution in [0.2, 0.25) is 0 Å². The summed E-state index contributed by atoms with van der Waals surface area (Å²) in [6, 6.07) is 0. The zero-order chi connectivity index (χ0) is 7.44. The Bertz CT molecular complexity index is 114. The maximum Gasteiger partial charge on any atom is 0.113 e. The summed E-state index contributed by atoms with van der Waals surface area (Å²) in [5.74, 6) is 0.535. The van der Waals surface area contributed by atoms with Crippen molar-refractivity contribution in [1.82, 2.24) is 0 Å². The van der Waals surface area contributed by atoms with Crippen molar-refractivity contribution in [2.24, 2.45) is 11.7 Å². The number of rotatable bonds is 2. The van der Waals surface area contributed by atoms with E-state index in [1.54, 1.807) is 6.92 Å². The van der Waals surface area contributed by atoms with Gasteiger partial charge in [-0.05, 0) is 13.3 Å². The van der Waals surface area contributed by atoms with Crippen molar-refractivity contribution < 1.29 is 5.11 Å². The quantitative estimate of drug-likeness (QED) is 0.558. The van der Waals surface area contributed by atoms with Crippen LogP contribution in [0, 0.1) is 5.92 Å². The van der Waals surface area contributed by atoms with Crippen molar-refractivity contribution in [3.05, 3.63) is 11.5 Å². The fraction of sp³-hybridized carbons (Fsp3) is 0.714. The van der Waals surface area contributed by atoms with Gasteiger partial charge in [0.15, 0.2) is 0 Å². The average Bonchev–Trinajstić information content (AvgIpc) is 1.84. The van der Waals surface area contributed by atoms with Crippen molar-refractivity contribution in [1.29, 1.82) is 0 Å². The summed E-state index contributed by atoms with van der Waals surface area (Å²) in [7, 11) is 0. The number of hydrogen-bond acceptors (Lipinski definition) is 2. The fourth-order valence-electron chi connectivity index (χ4n) is 0.582. The standard InChI is InChI=1S/C7H15NO/c1-4-5(2)7(9)6(3)8/h5,9H,4,8H2,1-3H3/b7-6+. The van der Waals surface area contributed by atoms with E-state index < -0.39 is 0 Å². The molecule has 2 heteroatoms. The Morgan fingerprint density at radius 1 is 1.67 bits per heavy atom. The molecule has 0 amide bonds. The first-order chi connectivity index (χ1) is 4.09. The summed E-state index contributed by atoms with van der Waals surface area (Å²) in [5.41, 5.74) is 5.87. The Labute approximate surface area is 56.4 Å². The molecule has 0 bridgehead atoms. The maximum atomic E-state index is 9.15. The van der Waals surface area contributed by atoms with Gasteiger partial charge in [0.05, 0.1) is 0 Å².